The Hall–Kier alpha value is -1.10. The Kier molecular flexibility index (Phi) is 5.85. The molecule has 16 heavy (non-hydrogen) atoms. The highest BCUT2D eigenvalue weighted by molar-refractivity contribution is 5.80. The molecule has 0 saturated carbocycles. The Morgan fingerprint density at radius 3 is 2.81 bits per heavy atom. The Morgan fingerprint density at radius 2 is 2.19 bits per heavy atom. The maximum absolute atomic E-state index is 11.7. The molecule has 0 bridgehead atoms. The van der Waals surface area contributed by atoms with Crippen LogP contribution in [0.25, 0.3) is 0 Å². The van der Waals surface area contributed by atoms with Gasteiger partial charge in [0.15, 0.2) is 0 Å². The van der Waals surface area contributed by atoms with Crippen molar-refractivity contribution in [1.82, 2.24) is 16.0 Å². The van der Waals surface area contributed by atoms with Crippen LogP contribution in [0.1, 0.15) is 26.2 Å². The van der Waals surface area contributed by atoms with Gasteiger partial charge in [-0.05, 0) is 26.3 Å². The van der Waals surface area contributed by atoms with Gasteiger partial charge < -0.3 is 16.0 Å². The first-order valence-corrected chi connectivity index (χ1v) is 5.99. The monoisotopic (exact) mass is 227 g/mol. The van der Waals surface area contributed by atoms with E-state index in [1.165, 1.54) is 0 Å². The first-order valence-electron chi connectivity index (χ1n) is 5.99. The minimum absolute atomic E-state index is 0.00966. The molecule has 1 rings (SSSR count). The predicted molar refractivity (Wildman–Crippen MR) is 61.9 cm³/mol. The molecule has 2 amide bonds. The zero-order valence-corrected chi connectivity index (χ0v) is 9.84. The lowest BCUT2D eigenvalue weighted by atomic mass is 9.99. The number of nitrogens with one attached hydrogen (secondary N) is 3. The zero-order valence-electron chi connectivity index (χ0n) is 9.84. The minimum Gasteiger partial charge on any atom is -0.356 e. The average molecular weight is 227 g/mol. The quantitative estimate of drug-likeness (QED) is 0.600. The Bertz CT molecular complexity index is 237. The van der Waals surface area contributed by atoms with Crippen molar-refractivity contribution >= 4 is 11.8 Å². The van der Waals surface area contributed by atoms with E-state index in [-0.39, 0.29) is 17.7 Å². The first-order chi connectivity index (χ1) is 7.74. The van der Waals surface area contributed by atoms with E-state index in [9.17, 15) is 9.59 Å². The first kappa shape index (κ1) is 13.0. The van der Waals surface area contributed by atoms with Crippen LogP contribution in [0.3, 0.4) is 0 Å². The van der Waals surface area contributed by atoms with E-state index in [4.69, 9.17) is 0 Å². The molecule has 92 valence electrons. The van der Waals surface area contributed by atoms with Crippen LogP contribution in [0.2, 0.25) is 0 Å². The third-order valence-electron chi connectivity index (χ3n) is 2.69. The van der Waals surface area contributed by atoms with Gasteiger partial charge >= 0.3 is 0 Å². The lowest BCUT2D eigenvalue weighted by molar-refractivity contribution is -0.125. The number of carbonyl (C=O) groups excluding carboxylic acids is 2. The van der Waals surface area contributed by atoms with Gasteiger partial charge in [0, 0.05) is 26.1 Å². The highest BCUT2D eigenvalue weighted by Gasteiger charge is 2.20. The fourth-order valence-electron chi connectivity index (χ4n) is 1.80. The molecule has 0 spiro atoms. The van der Waals surface area contributed by atoms with E-state index in [0.717, 1.165) is 25.9 Å². The highest BCUT2D eigenvalue weighted by Crippen LogP contribution is 2.09. The molecule has 1 aliphatic heterocycles. The van der Waals surface area contributed by atoms with Gasteiger partial charge in [-0.2, -0.15) is 0 Å². The normalized spacial score (nSPS) is 20.2. The third-order valence-corrected chi connectivity index (χ3v) is 2.69. The fraction of sp³-hybridized carbons (Fsp3) is 0.818. The summed E-state index contributed by atoms with van der Waals surface area (Å²) in [6, 6.07) is 0. The maximum atomic E-state index is 11.7. The smallest absolute Gasteiger partial charge is 0.224 e. The van der Waals surface area contributed by atoms with Gasteiger partial charge in [-0.1, -0.05) is 0 Å². The lowest BCUT2D eigenvalue weighted by Gasteiger charge is -2.21. The van der Waals surface area contributed by atoms with Gasteiger partial charge in [0.2, 0.25) is 11.8 Å². The van der Waals surface area contributed by atoms with E-state index in [1.807, 2.05) is 6.92 Å². The van der Waals surface area contributed by atoms with E-state index in [0.29, 0.717) is 19.5 Å². The lowest BCUT2D eigenvalue weighted by Crippen LogP contribution is -2.41. The van der Waals surface area contributed by atoms with Crippen molar-refractivity contribution in [2.75, 3.05) is 26.2 Å². The van der Waals surface area contributed by atoms with Crippen molar-refractivity contribution in [3.8, 4) is 0 Å². The average Bonchev–Trinajstić information content (AvgIpc) is 2.30. The molecular formula is C11H21N3O2. The standard InChI is InChI=1S/C11H21N3O2/c1-2-13-10(15)5-7-14-11(16)9-4-3-6-12-8-9/h9,12H,2-8H2,1H3,(H,13,15)(H,14,16). The van der Waals surface area contributed by atoms with Crippen LogP contribution in [0.4, 0.5) is 0 Å². The van der Waals surface area contributed by atoms with Crippen LogP contribution in [0.15, 0.2) is 0 Å². The number of carbonyl (C=O) groups is 2. The van der Waals surface area contributed by atoms with Crippen molar-refractivity contribution in [3.63, 3.8) is 0 Å². The van der Waals surface area contributed by atoms with Crippen molar-refractivity contribution in [1.29, 1.82) is 0 Å². The van der Waals surface area contributed by atoms with Crippen molar-refractivity contribution in [2.24, 2.45) is 5.92 Å². The van der Waals surface area contributed by atoms with Crippen LogP contribution in [0.5, 0.6) is 0 Å². The molecule has 1 fully saturated rings. The molecule has 1 unspecified atom stereocenters. The zero-order chi connectivity index (χ0) is 11.8. The van der Waals surface area contributed by atoms with E-state index >= 15 is 0 Å². The number of hydrogen-bond donors (Lipinski definition) is 3. The second kappa shape index (κ2) is 7.22. The second-order valence-electron chi connectivity index (χ2n) is 4.04. The predicted octanol–water partition coefficient (Wildman–Crippen LogP) is -0.372. The Morgan fingerprint density at radius 1 is 1.38 bits per heavy atom. The van der Waals surface area contributed by atoms with Gasteiger partial charge in [-0.25, -0.2) is 0 Å². The van der Waals surface area contributed by atoms with E-state index in [2.05, 4.69) is 16.0 Å². The molecule has 1 saturated heterocycles. The van der Waals surface area contributed by atoms with Crippen LogP contribution < -0.4 is 16.0 Å². The molecule has 0 aromatic rings. The molecule has 5 nitrogen and oxygen atoms in total. The molecule has 0 radical (unpaired) electrons. The molecule has 0 aromatic carbocycles. The Labute approximate surface area is 96.4 Å². The van der Waals surface area contributed by atoms with Crippen LogP contribution in [-0.4, -0.2) is 38.0 Å². The van der Waals surface area contributed by atoms with Crippen molar-refractivity contribution in [2.45, 2.75) is 26.2 Å². The van der Waals surface area contributed by atoms with Crippen molar-refractivity contribution in [3.05, 3.63) is 0 Å². The van der Waals surface area contributed by atoms with E-state index < -0.39 is 0 Å². The summed E-state index contributed by atoms with van der Waals surface area (Å²) in [5, 5.41) is 8.69. The van der Waals surface area contributed by atoms with Gasteiger partial charge in [-0.15, -0.1) is 0 Å². The SMILES string of the molecule is CCNC(=O)CCNC(=O)C1CCCNC1. The Balaban J connectivity index is 2.12. The highest BCUT2D eigenvalue weighted by atomic mass is 16.2. The van der Waals surface area contributed by atoms with Crippen LogP contribution >= 0.6 is 0 Å². The topological polar surface area (TPSA) is 70.2 Å². The largest absolute Gasteiger partial charge is 0.356 e. The van der Waals surface area contributed by atoms with Crippen LogP contribution in [0, 0.1) is 5.92 Å². The number of piperidine rings is 1. The summed E-state index contributed by atoms with van der Waals surface area (Å²) in [5.74, 6) is 0.129. The molecule has 0 aromatic heterocycles. The molecule has 1 atom stereocenters. The van der Waals surface area contributed by atoms with Gasteiger partial charge in [-0.3, -0.25) is 9.59 Å². The summed E-state index contributed by atoms with van der Waals surface area (Å²) in [5.41, 5.74) is 0. The summed E-state index contributed by atoms with van der Waals surface area (Å²) in [6.45, 7) is 4.71. The van der Waals surface area contributed by atoms with Gasteiger partial charge in [0.1, 0.15) is 0 Å². The summed E-state index contributed by atoms with van der Waals surface area (Å²) in [7, 11) is 0. The second-order valence-corrected chi connectivity index (χ2v) is 4.04. The molecular weight excluding hydrogens is 206 g/mol. The maximum Gasteiger partial charge on any atom is 0.224 e. The van der Waals surface area contributed by atoms with Gasteiger partial charge in [0.25, 0.3) is 0 Å². The number of rotatable bonds is 5. The summed E-state index contributed by atoms with van der Waals surface area (Å²) in [6.07, 6.45) is 2.36. The minimum atomic E-state index is -0.00966. The summed E-state index contributed by atoms with van der Waals surface area (Å²) < 4.78 is 0. The molecule has 5 heteroatoms. The summed E-state index contributed by atoms with van der Waals surface area (Å²) >= 11 is 0. The molecule has 1 aliphatic rings. The third kappa shape index (κ3) is 4.61. The number of hydrogen-bond acceptors (Lipinski definition) is 3. The van der Waals surface area contributed by atoms with E-state index in [1.54, 1.807) is 0 Å². The fourth-order valence-corrected chi connectivity index (χ4v) is 1.80. The number of amides is 2. The summed E-state index contributed by atoms with van der Waals surface area (Å²) in [4.78, 5) is 22.8. The molecule has 0 aliphatic carbocycles. The van der Waals surface area contributed by atoms with Crippen molar-refractivity contribution < 1.29 is 9.59 Å². The molecule has 1 heterocycles. The van der Waals surface area contributed by atoms with Crippen LogP contribution in [-0.2, 0) is 9.59 Å². The molecule has 3 N–H and O–H groups in total. The van der Waals surface area contributed by atoms with Gasteiger partial charge in [0.05, 0.1) is 5.92 Å².